The normalized spacial score (nSPS) is 14.0. The zero-order chi connectivity index (χ0) is 16.8. The highest BCUT2D eigenvalue weighted by molar-refractivity contribution is 14.0. The van der Waals surface area contributed by atoms with Crippen LogP contribution in [-0.4, -0.2) is 24.2 Å². The predicted molar refractivity (Wildman–Crippen MR) is 111 cm³/mol. The van der Waals surface area contributed by atoms with E-state index in [4.69, 9.17) is 16.0 Å². The lowest BCUT2D eigenvalue weighted by Crippen LogP contribution is -2.39. The molecule has 3 N–H and O–H groups in total. The lowest BCUT2D eigenvalue weighted by Gasteiger charge is -2.16. The maximum atomic E-state index is 10.2. The highest BCUT2D eigenvalue weighted by atomic mass is 127. The average molecular weight is 484 g/mol. The van der Waals surface area contributed by atoms with E-state index < -0.39 is 6.10 Å². The number of aliphatic hydroxyl groups is 1. The summed E-state index contributed by atoms with van der Waals surface area (Å²) in [6.07, 6.45) is -0.663. The lowest BCUT2D eigenvalue weighted by molar-refractivity contribution is 0.191. The Balaban J connectivity index is 0.00000288. The first-order valence-electron chi connectivity index (χ1n) is 7.54. The van der Waals surface area contributed by atoms with Gasteiger partial charge in [-0.25, -0.2) is 0 Å². The number of halogens is 2. The average Bonchev–Trinajstić information content (AvgIpc) is 3.13. The molecule has 24 heavy (non-hydrogen) atoms. The molecule has 2 aromatic rings. The Labute approximate surface area is 168 Å². The standard InChI is InChI=1S/C16H22ClN3O2S.HI/c1-4-18-16(20-11(3)13-6-5-10(2)22-13)19-9-12(21)14-7-8-15(17)23-14;/h5-8,11-12,21H,4,9H2,1-3H3,(H2,18,19,20);1H. The van der Waals surface area contributed by atoms with Gasteiger partial charge in [0.15, 0.2) is 5.96 Å². The molecule has 0 aliphatic heterocycles. The second-order valence-electron chi connectivity index (χ2n) is 5.19. The zero-order valence-electron chi connectivity index (χ0n) is 13.9. The molecule has 8 heteroatoms. The minimum absolute atomic E-state index is 0. The third kappa shape index (κ3) is 6.27. The van der Waals surface area contributed by atoms with Crippen molar-refractivity contribution in [3.05, 3.63) is 45.0 Å². The van der Waals surface area contributed by atoms with E-state index in [0.717, 1.165) is 22.9 Å². The van der Waals surface area contributed by atoms with Crippen LogP contribution < -0.4 is 10.6 Å². The van der Waals surface area contributed by atoms with Gasteiger partial charge in [0.05, 0.1) is 16.9 Å². The summed E-state index contributed by atoms with van der Waals surface area (Å²) < 4.78 is 6.28. The number of aliphatic hydroxyl groups excluding tert-OH is 1. The summed E-state index contributed by atoms with van der Waals surface area (Å²) in [7, 11) is 0. The molecule has 2 heterocycles. The molecular formula is C16H23ClIN3O2S. The van der Waals surface area contributed by atoms with Gasteiger partial charge in [0, 0.05) is 11.4 Å². The largest absolute Gasteiger partial charge is 0.464 e. The molecule has 2 aromatic heterocycles. The van der Waals surface area contributed by atoms with E-state index in [0.29, 0.717) is 10.3 Å². The summed E-state index contributed by atoms with van der Waals surface area (Å²) in [4.78, 5) is 5.25. The van der Waals surface area contributed by atoms with E-state index in [1.165, 1.54) is 11.3 Å². The van der Waals surface area contributed by atoms with Gasteiger partial charge in [-0.2, -0.15) is 0 Å². The number of guanidine groups is 1. The first-order valence-corrected chi connectivity index (χ1v) is 8.73. The third-order valence-electron chi connectivity index (χ3n) is 3.23. The van der Waals surface area contributed by atoms with Crippen LogP contribution in [0.15, 0.2) is 33.7 Å². The van der Waals surface area contributed by atoms with Gasteiger partial charge in [-0.1, -0.05) is 11.6 Å². The van der Waals surface area contributed by atoms with Gasteiger partial charge in [0.1, 0.15) is 17.6 Å². The maximum absolute atomic E-state index is 10.2. The van der Waals surface area contributed by atoms with Crippen LogP contribution in [0.3, 0.4) is 0 Å². The van der Waals surface area contributed by atoms with Crippen molar-refractivity contribution in [2.45, 2.75) is 32.9 Å². The van der Waals surface area contributed by atoms with Crippen molar-refractivity contribution in [1.82, 2.24) is 10.6 Å². The number of nitrogens with zero attached hydrogens (tertiary/aromatic N) is 1. The molecule has 0 aliphatic rings. The Hall–Kier alpha value is -0.770. The van der Waals surface area contributed by atoms with Gasteiger partial charge in [-0.05, 0) is 45.0 Å². The van der Waals surface area contributed by atoms with Gasteiger partial charge >= 0.3 is 0 Å². The van der Waals surface area contributed by atoms with Gasteiger partial charge < -0.3 is 20.2 Å². The molecule has 5 nitrogen and oxygen atoms in total. The van der Waals surface area contributed by atoms with Gasteiger partial charge in [0.25, 0.3) is 0 Å². The summed E-state index contributed by atoms with van der Waals surface area (Å²) >= 11 is 7.26. The van der Waals surface area contributed by atoms with Crippen LogP contribution >= 0.6 is 46.9 Å². The van der Waals surface area contributed by atoms with Crippen molar-refractivity contribution in [3.8, 4) is 0 Å². The van der Waals surface area contributed by atoms with Crippen LogP contribution in [0.1, 0.15) is 42.4 Å². The highest BCUT2D eigenvalue weighted by Crippen LogP contribution is 2.27. The minimum atomic E-state index is -0.663. The second-order valence-corrected chi connectivity index (χ2v) is 6.94. The van der Waals surface area contributed by atoms with Crippen LogP contribution in [-0.2, 0) is 0 Å². The number of aryl methyl sites for hydroxylation is 1. The monoisotopic (exact) mass is 483 g/mol. The van der Waals surface area contributed by atoms with Crippen LogP contribution in [0.5, 0.6) is 0 Å². The Morgan fingerprint density at radius 1 is 1.38 bits per heavy atom. The quantitative estimate of drug-likeness (QED) is 0.326. The summed E-state index contributed by atoms with van der Waals surface area (Å²) in [5.74, 6) is 2.36. The molecule has 0 fully saturated rings. The fraction of sp³-hybridized carbons (Fsp3) is 0.438. The zero-order valence-corrected chi connectivity index (χ0v) is 17.8. The van der Waals surface area contributed by atoms with Crippen molar-refractivity contribution in [2.75, 3.05) is 13.1 Å². The van der Waals surface area contributed by atoms with Crippen LogP contribution in [0.2, 0.25) is 4.34 Å². The van der Waals surface area contributed by atoms with Crippen molar-refractivity contribution < 1.29 is 9.52 Å². The number of aliphatic imine (C=N–C) groups is 1. The minimum Gasteiger partial charge on any atom is -0.464 e. The van der Waals surface area contributed by atoms with Gasteiger partial charge in [0.2, 0.25) is 0 Å². The molecule has 0 aliphatic carbocycles. The smallest absolute Gasteiger partial charge is 0.191 e. The number of hydrogen-bond donors (Lipinski definition) is 3. The van der Waals surface area contributed by atoms with Crippen molar-refractivity contribution in [2.24, 2.45) is 4.99 Å². The Bertz CT molecular complexity index is 659. The Morgan fingerprint density at radius 3 is 2.67 bits per heavy atom. The molecule has 0 saturated carbocycles. The fourth-order valence-corrected chi connectivity index (χ4v) is 3.10. The van der Waals surface area contributed by atoms with E-state index in [1.807, 2.05) is 39.0 Å². The molecular weight excluding hydrogens is 461 g/mol. The van der Waals surface area contributed by atoms with Crippen LogP contribution in [0, 0.1) is 6.92 Å². The van der Waals surface area contributed by atoms with E-state index in [-0.39, 0.29) is 36.6 Å². The topological polar surface area (TPSA) is 69.8 Å². The summed E-state index contributed by atoms with van der Waals surface area (Å²) in [5.41, 5.74) is 0. The van der Waals surface area contributed by atoms with Gasteiger partial charge in [-0.3, -0.25) is 4.99 Å². The Morgan fingerprint density at radius 2 is 2.12 bits per heavy atom. The maximum Gasteiger partial charge on any atom is 0.191 e. The van der Waals surface area contributed by atoms with Crippen LogP contribution in [0.25, 0.3) is 0 Å². The molecule has 2 rings (SSSR count). The van der Waals surface area contributed by atoms with Crippen molar-refractivity contribution >= 4 is 52.9 Å². The van der Waals surface area contributed by atoms with E-state index in [2.05, 4.69) is 15.6 Å². The molecule has 0 radical (unpaired) electrons. The number of nitrogens with one attached hydrogen (secondary N) is 2. The van der Waals surface area contributed by atoms with E-state index in [1.54, 1.807) is 6.07 Å². The van der Waals surface area contributed by atoms with Crippen molar-refractivity contribution in [1.29, 1.82) is 0 Å². The molecule has 0 spiro atoms. The number of furan rings is 1. The molecule has 2 atom stereocenters. The van der Waals surface area contributed by atoms with Gasteiger partial charge in [-0.15, -0.1) is 35.3 Å². The number of thiophene rings is 1. The number of hydrogen-bond acceptors (Lipinski definition) is 4. The lowest BCUT2D eigenvalue weighted by atomic mass is 10.2. The SMILES string of the molecule is CCNC(=NCC(O)c1ccc(Cl)s1)NC(C)c1ccc(C)o1.I. The molecule has 2 unspecified atom stereocenters. The summed E-state index contributed by atoms with van der Waals surface area (Å²) in [6.45, 7) is 6.90. The number of rotatable bonds is 6. The third-order valence-corrected chi connectivity index (χ3v) is 4.56. The molecule has 0 saturated heterocycles. The predicted octanol–water partition coefficient (Wildman–Crippen LogP) is 4.27. The first kappa shape index (κ1) is 21.3. The summed E-state index contributed by atoms with van der Waals surface area (Å²) in [5, 5.41) is 16.6. The van der Waals surface area contributed by atoms with Crippen molar-refractivity contribution in [3.63, 3.8) is 0 Å². The Kier molecular flexibility index (Phi) is 9.11. The highest BCUT2D eigenvalue weighted by Gasteiger charge is 2.13. The molecule has 0 amide bonds. The fourth-order valence-electron chi connectivity index (χ4n) is 2.06. The first-order chi connectivity index (χ1) is 11.0. The summed E-state index contributed by atoms with van der Waals surface area (Å²) in [6, 6.07) is 7.46. The molecule has 134 valence electrons. The second kappa shape index (κ2) is 10.3. The van der Waals surface area contributed by atoms with E-state index >= 15 is 0 Å². The van der Waals surface area contributed by atoms with Crippen LogP contribution in [0.4, 0.5) is 0 Å². The molecule has 0 bridgehead atoms. The van der Waals surface area contributed by atoms with E-state index in [9.17, 15) is 5.11 Å². The molecule has 0 aromatic carbocycles.